The van der Waals surface area contributed by atoms with Crippen LogP contribution in [0, 0.1) is 5.92 Å². The van der Waals surface area contributed by atoms with Gasteiger partial charge in [-0.25, -0.2) is 8.42 Å². The Hall–Kier alpha value is -1.23. The molecule has 0 aromatic heterocycles. The normalized spacial score (nSPS) is 23.2. The number of aliphatic hydroxyl groups excluding tert-OH is 1. The number of halogens is 1. The Balaban J connectivity index is 0.00000280. The number of carbonyl (C=O) groups excluding carboxylic acids is 1. The number of hydrogen-bond acceptors (Lipinski definition) is 6. The lowest BCUT2D eigenvalue weighted by Gasteiger charge is -2.26. The topological polar surface area (TPSA) is 108 Å². The average molecular weight is 434 g/mol. The van der Waals surface area contributed by atoms with Crippen molar-refractivity contribution >= 4 is 28.3 Å². The van der Waals surface area contributed by atoms with E-state index in [1.165, 1.54) is 4.31 Å². The molecule has 0 radical (unpaired) electrons. The molecule has 0 saturated carbocycles. The highest BCUT2D eigenvalue weighted by Crippen LogP contribution is 2.18. The number of morpholine rings is 1. The van der Waals surface area contributed by atoms with Gasteiger partial charge < -0.3 is 20.5 Å². The number of rotatable bonds is 7. The summed E-state index contributed by atoms with van der Waals surface area (Å²) in [4.78, 5) is 12.2. The van der Waals surface area contributed by atoms with Gasteiger partial charge in [-0.15, -0.1) is 12.4 Å². The third-order valence-electron chi connectivity index (χ3n) is 5.04. The smallest absolute Gasteiger partial charge is 0.243 e. The van der Waals surface area contributed by atoms with Crippen molar-refractivity contribution in [3.05, 3.63) is 29.8 Å². The Bertz CT molecular complexity index is 738. The molecule has 2 aliphatic rings. The highest BCUT2D eigenvalue weighted by atomic mass is 35.5. The number of nitrogens with one attached hydrogen (secondary N) is 2. The van der Waals surface area contributed by atoms with Crippen molar-refractivity contribution in [1.82, 2.24) is 14.9 Å². The van der Waals surface area contributed by atoms with Crippen molar-refractivity contribution in [2.75, 3.05) is 45.9 Å². The summed E-state index contributed by atoms with van der Waals surface area (Å²) in [6.07, 6.45) is 0.451. The molecule has 2 unspecified atom stereocenters. The van der Waals surface area contributed by atoms with Crippen molar-refractivity contribution in [3.63, 3.8) is 0 Å². The predicted molar refractivity (Wildman–Crippen MR) is 107 cm³/mol. The summed E-state index contributed by atoms with van der Waals surface area (Å²) in [6.45, 7) is 3.32. The molecule has 0 aliphatic carbocycles. The van der Waals surface area contributed by atoms with Crippen LogP contribution < -0.4 is 10.6 Å². The molecular weight excluding hydrogens is 406 g/mol. The predicted octanol–water partition coefficient (Wildman–Crippen LogP) is -0.242. The maximum atomic E-state index is 12.6. The zero-order valence-corrected chi connectivity index (χ0v) is 17.3. The van der Waals surface area contributed by atoms with E-state index in [0.29, 0.717) is 58.8 Å². The van der Waals surface area contributed by atoms with Gasteiger partial charge in [0, 0.05) is 45.1 Å². The molecule has 2 fully saturated rings. The molecule has 2 heterocycles. The number of carbonyl (C=O) groups is 1. The zero-order valence-electron chi connectivity index (χ0n) is 15.7. The number of amides is 1. The molecule has 158 valence electrons. The second-order valence-corrected chi connectivity index (χ2v) is 8.89. The quantitative estimate of drug-likeness (QED) is 0.547. The molecule has 1 amide bonds. The fraction of sp³-hybridized carbons (Fsp3) is 0.611. The van der Waals surface area contributed by atoms with Crippen LogP contribution >= 0.6 is 12.4 Å². The van der Waals surface area contributed by atoms with Crippen LogP contribution in [0.3, 0.4) is 0 Å². The fourth-order valence-electron chi connectivity index (χ4n) is 3.28. The zero-order chi connectivity index (χ0) is 19.3. The van der Waals surface area contributed by atoms with E-state index in [0.717, 1.165) is 5.56 Å². The first-order valence-electron chi connectivity index (χ1n) is 9.29. The molecule has 2 saturated heterocycles. The Kier molecular flexibility index (Phi) is 8.66. The van der Waals surface area contributed by atoms with Gasteiger partial charge in [-0.3, -0.25) is 4.79 Å². The number of benzene rings is 1. The maximum absolute atomic E-state index is 12.6. The lowest BCUT2D eigenvalue weighted by molar-refractivity contribution is -0.121. The van der Waals surface area contributed by atoms with Crippen LogP contribution in [0.5, 0.6) is 0 Å². The molecule has 1 aromatic carbocycles. The molecule has 2 atom stereocenters. The van der Waals surface area contributed by atoms with Gasteiger partial charge in [-0.2, -0.15) is 4.31 Å². The second-order valence-electron chi connectivity index (χ2n) is 6.95. The summed E-state index contributed by atoms with van der Waals surface area (Å²) >= 11 is 0. The Labute approximate surface area is 172 Å². The molecule has 8 nitrogen and oxygen atoms in total. The van der Waals surface area contributed by atoms with Gasteiger partial charge in [-0.05, 0) is 24.1 Å². The van der Waals surface area contributed by atoms with E-state index < -0.39 is 16.1 Å². The largest absolute Gasteiger partial charge is 0.391 e. The van der Waals surface area contributed by atoms with Gasteiger partial charge in [0.25, 0.3) is 0 Å². The number of ether oxygens (including phenoxy) is 1. The van der Waals surface area contributed by atoms with E-state index in [2.05, 4.69) is 10.6 Å². The van der Waals surface area contributed by atoms with E-state index in [9.17, 15) is 18.3 Å². The first kappa shape index (κ1) is 23.1. The van der Waals surface area contributed by atoms with Crippen LogP contribution in [-0.2, 0) is 26.0 Å². The van der Waals surface area contributed by atoms with Crippen LogP contribution in [0.4, 0.5) is 0 Å². The average Bonchev–Trinajstić information content (AvgIpc) is 3.10. The molecule has 3 rings (SSSR count). The standard InChI is InChI=1S/C18H27N3O5S.ClH/c22-17-13-19-11-15(17)12-20-18(23)6-3-14-1-4-16(5-2-14)27(24,25)21-7-9-26-10-8-21;/h1-2,4-5,15,17,19,22H,3,6-13H2,(H,20,23);1H. The minimum atomic E-state index is -3.49. The van der Waals surface area contributed by atoms with Crippen molar-refractivity contribution in [1.29, 1.82) is 0 Å². The summed E-state index contributed by atoms with van der Waals surface area (Å²) in [5, 5.41) is 15.7. The molecule has 0 bridgehead atoms. The van der Waals surface area contributed by atoms with Gasteiger partial charge in [-0.1, -0.05) is 12.1 Å². The van der Waals surface area contributed by atoms with Crippen molar-refractivity contribution in [3.8, 4) is 0 Å². The van der Waals surface area contributed by atoms with Crippen molar-refractivity contribution in [2.24, 2.45) is 5.92 Å². The third-order valence-corrected chi connectivity index (χ3v) is 6.95. The summed E-state index contributed by atoms with van der Waals surface area (Å²) < 4.78 is 31.8. The first-order chi connectivity index (χ1) is 13.0. The number of aliphatic hydroxyl groups is 1. The summed E-state index contributed by atoms with van der Waals surface area (Å²) in [5.74, 6) is -0.0160. The second kappa shape index (κ2) is 10.5. The van der Waals surface area contributed by atoms with Crippen molar-refractivity contribution in [2.45, 2.75) is 23.8 Å². The number of nitrogens with zero attached hydrogens (tertiary/aromatic N) is 1. The van der Waals surface area contributed by atoms with Gasteiger partial charge in [0.05, 0.1) is 24.2 Å². The van der Waals surface area contributed by atoms with Gasteiger partial charge in [0.1, 0.15) is 0 Å². The van der Waals surface area contributed by atoms with E-state index in [4.69, 9.17) is 4.74 Å². The Morgan fingerprint density at radius 1 is 1.21 bits per heavy atom. The van der Waals surface area contributed by atoms with Crippen LogP contribution in [0.2, 0.25) is 0 Å². The number of hydrogen-bond donors (Lipinski definition) is 3. The minimum Gasteiger partial charge on any atom is -0.391 e. The lowest BCUT2D eigenvalue weighted by Crippen LogP contribution is -2.40. The molecule has 3 N–H and O–H groups in total. The molecular formula is C18H28ClN3O5S. The van der Waals surface area contributed by atoms with Gasteiger partial charge in [0.2, 0.25) is 15.9 Å². The van der Waals surface area contributed by atoms with E-state index in [1.54, 1.807) is 24.3 Å². The molecule has 0 spiro atoms. The van der Waals surface area contributed by atoms with Crippen molar-refractivity contribution < 1.29 is 23.1 Å². The van der Waals surface area contributed by atoms with Crippen LogP contribution in [0.25, 0.3) is 0 Å². The van der Waals surface area contributed by atoms with Crippen LogP contribution in [-0.4, -0.2) is 75.8 Å². The van der Waals surface area contributed by atoms with Gasteiger partial charge in [0.15, 0.2) is 0 Å². The monoisotopic (exact) mass is 433 g/mol. The van der Waals surface area contributed by atoms with E-state index in [1.807, 2.05) is 0 Å². The fourth-order valence-corrected chi connectivity index (χ4v) is 4.69. The third kappa shape index (κ3) is 5.88. The highest BCUT2D eigenvalue weighted by molar-refractivity contribution is 7.89. The number of sulfonamides is 1. The molecule has 1 aromatic rings. The number of aryl methyl sites for hydroxylation is 1. The van der Waals surface area contributed by atoms with Crippen LogP contribution in [0.15, 0.2) is 29.2 Å². The minimum absolute atomic E-state index is 0. The summed E-state index contributed by atoms with van der Waals surface area (Å²) in [5.41, 5.74) is 0.911. The van der Waals surface area contributed by atoms with E-state index >= 15 is 0 Å². The Morgan fingerprint density at radius 2 is 1.89 bits per heavy atom. The van der Waals surface area contributed by atoms with Gasteiger partial charge >= 0.3 is 0 Å². The van der Waals surface area contributed by atoms with Crippen LogP contribution in [0.1, 0.15) is 12.0 Å². The lowest BCUT2D eigenvalue weighted by atomic mass is 10.1. The first-order valence-corrected chi connectivity index (χ1v) is 10.7. The summed E-state index contributed by atoms with van der Waals surface area (Å²) in [6, 6.07) is 6.70. The molecule has 10 heteroatoms. The maximum Gasteiger partial charge on any atom is 0.243 e. The Morgan fingerprint density at radius 3 is 2.50 bits per heavy atom. The highest BCUT2D eigenvalue weighted by Gasteiger charge is 2.26. The molecule has 2 aliphatic heterocycles. The summed E-state index contributed by atoms with van der Waals surface area (Å²) in [7, 11) is -3.49. The number of β-amino-alcohol motifs (C(OH)–C–C–N with tert-alkyl or cyclic N) is 1. The SMILES string of the molecule is Cl.O=C(CCc1ccc(S(=O)(=O)N2CCOCC2)cc1)NCC1CNCC1O. The van der Waals surface area contributed by atoms with E-state index in [-0.39, 0.29) is 29.1 Å². The molecule has 28 heavy (non-hydrogen) atoms.